The number of hydrogen-bond acceptors (Lipinski definition) is 5. The molecule has 0 aromatic heterocycles. The van der Waals surface area contributed by atoms with Gasteiger partial charge in [-0.05, 0) is 56.7 Å². The minimum absolute atomic E-state index is 0.00450. The van der Waals surface area contributed by atoms with Gasteiger partial charge in [-0.25, -0.2) is 8.42 Å². The monoisotopic (exact) mass is 552 g/mol. The predicted octanol–water partition coefficient (Wildman–Crippen LogP) is 2.65. The molecule has 1 aromatic carbocycles. The van der Waals surface area contributed by atoms with E-state index in [0.29, 0.717) is 38.3 Å². The molecule has 5 heterocycles. The fourth-order valence-electron chi connectivity index (χ4n) is 7.29. The minimum Gasteiger partial charge on any atom is -0.335 e. The molecule has 194 valence electrons. The number of fused-ring (bicyclic) bond motifs is 5. The van der Waals surface area contributed by atoms with Gasteiger partial charge in [-0.3, -0.25) is 9.59 Å². The molecule has 2 amide bonds. The number of carbonyl (C=O) groups is 2. The molecule has 36 heavy (non-hydrogen) atoms. The van der Waals surface area contributed by atoms with Crippen molar-refractivity contribution < 1.29 is 18.0 Å². The van der Waals surface area contributed by atoms with Gasteiger partial charge in [-0.1, -0.05) is 29.3 Å². The second-order valence-corrected chi connectivity index (χ2v) is 13.4. The number of benzene rings is 1. The summed E-state index contributed by atoms with van der Waals surface area (Å²) in [5.74, 6) is -0.558. The summed E-state index contributed by atoms with van der Waals surface area (Å²) in [4.78, 5) is 31.5. The molecule has 5 aliphatic heterocycles. The van der Waals surface area contributed by atoms with Crippen LogP contribution in [0.15, 0.2) is 35.7 Å². The van der Waals surface area contributed by atoms with Crippen LogP contribution in [0.5, 0.6) is 0 Å². The Bertz CT molecular complexity index is 1210. The van der Waals surface area contributed by atoms with E-state index < -0.39 is 28.1 Å². The van der Waals surface area contributed by atoms with Crippen LogP contribution < -0.4 is 5.32 Å². The van der Waals surface area contributed by atoms with Crippen molar-refractivity contribution in [1.29, 1.82) is 0 Å². The lowest BCUT2D eigenvalue weighted by Crippen LogP contribution is -2.58. The predicted molar refractivity (Wildman–Crippen MR) is 136 cm³/mol. The zero-order chi connectivity index (χ0) is 25.4. The Kier molecular flexibility index (Phi) is 6.15. The van der Waals surface area contributed by atoms with Crippen molar-refractivity contribution >= 4 is 45.0 Å². The number of halogens is 2. The zero-order valence-corrected chi connectivity index (χ0v) is 22.2. The van der Waals surface area contributed by atoms with Crippen molar-refractivity contribution in [3.8, 4) is 0 Å². The molecule has 1 aromatic rings. The van der Waals surface area contributed by atoms with Crippen LogP contribution in [0, 0.1) is 5.92 Å². The second kappa shape index (κ2) is 8.98. The fourth-order valence-corrected chi connectivity index (χ4v) is 9.87. The first-order valence-corrected chi connectivity index (χ1v) is 14.9. The normalized spacial score (nSPS) is 36.2. The molecular weight excluding hydrogens is 523 g/mol. The number of likely N-dealkylation sites (tertiary alicyclic amines) is 1. The molecule has 0 radical (unpaired) electrons. The lowest BCUT2D eigenvalue weighted by Gasteiger charge is -2.41. The van der Waals surface area contributed by atoms with Gasteiger partial charge in [0.1, 0.15) is 12.1 Å². The standard InChI is InChI=1S/C25H30Cl2N4O4S/c1-2-19-20-6-7-22(24(32)29-13-16-11-17(29)12-28-16)30(20)25(33)23-5-3-4-21(19)31(23)36(34,35)18-9-14(26)8-15(27)10-18/h2,8-10,16-17,19-23,28H,1,3-7,11-13H2/t16-,17-,19-,20-,21-,22-,23?/m0/s1. The van der Waals surface area contributed by atoms with Crippen molar-refractivity contribution in [3.63, 3.8) is 0 Å². The summed E-state index contributed by atoms with van der Waals surface area (Å²) < 4.78 is 29.4. The van der Waals surface area contributed by atoms with Gasteiger partial charge in [-0.15, -0.1) is 6.58 Å². The van der Waals surface area contributed by atoms with E-state index in [0.717, 1.165) is 19.4 Å². The number of carbonyl (C=O) groups excluding carboxylic acids is 2. The van der Waals surface area contributed by atoms with Crippen LogP contribution >= 0.6 is 23.2 Å². The van der Waals surface area contributed by atoms with Crippen molar-refractivity contribution in [2.24, 2.45) is 5.92 Å². The molecule has 0 saturated carbocycles. The van der Waals surface area contributed by atoms with Crippen LogP contribution in [0.25, 0.3) is 0 Å². The molecule has 8 nitrogen and oxygen atoms in total. The molecule has 11 heteroatoms. The highest BCUT2D eigenvalue weighted by atomic mass is 35.5. The van der Waals surface area contributed by atoms with Crippen molar-refractivity contribution in [3.05, 3.63) is 40.9 Å². The van der Waals surface area contributed by atoms with Gasteiger partial charge in [0.15, 0.2) is 0 Å². The molecular formula is C25H30Cl2N4O4S. The van der Waals surface area contributed by atoms with E-state index in [9.17, 15) is 18.0 Å². The largest absolute Gasteiger partial charge is 0.335 e. The number of amides is 2. The number of piperazine rings is 1. The van der Waals surface area contributed by atoms with Crippen molar-refractivity contribution in [2.45, 2.75) is 79.7 Å². The number of sulfonamides is 1. The quantitative estimate of drug-likeness (QED) is 0.580. The first-order valence-electron chi connectivity index (χ1n) is 12.7. The van der Waals surface area contributed by atoms with E-state index in [1.165, 1.54) is 22.5 Å². The van der Waals surface area contributed by atoms with Crippen molar-refractivity contribution in [1.82, 2.24) is 19.4 Å². The van der Waals surface area contributed by atoms with Crippen LogP contribution in [-0.2, 0) is 19.6 Å². The first kappa shape index (κ1) is 24.7. The summed E-state index contributed by atoms with van der Waals surface area (Å²) in [6.07, 6.45) is 5.74. The van der Waals surface area contributed by atoms with Gasteiger partial charge < -0.3 is 15.1 Å². The number of hydrogen-bond donors (Lipinski definition) is 1. The average Bonchev–Trinajstić information content (AvgIpc) is 3.58. The Hall–Kier alpha value is -1.65. The maximum absolute atomic E-state index is 14.2. The summed E-state index contributed by atoms with van der Waals surface area (Å²) in [6, 6.07) is 2.61. The highest BCUT2D eigenvalue weighted by Gasteiger charge is 2.57. The summed E-state index contributed by atoms with van der Waals surface area (Å²) in [5.41, 5.74) is 0. The number of nitrogens with zero attached hydrogens (tertiary/aromatic N) is 3. The molecule has 7 atom stereocenters. The molecule has 1 N–H and O–H groups in total. The summed E-state index contributed by atoms with van der Waals surface area (Å²) >= 11 is 12.3. The van der Waals surface area contributed by atoms with Gasteiger partial charge >= 0.3 is 0 Å². The van der Waals surface area contributed by atoms with E-state index in [2.05, 4.69) is 11.9 Å². The summed E-state index contributed by atoms with van der Waals surface area (Å²) in [6.45, 7) is 5.50. The Morgan fingerprint density at radius 2 is 1.83 bits per heavy atom. The van der Waals surface area contributed by atoms with Crippen molar-refractivity contribution in [2.75, 3.05) is 13.1 Å². The molecule has 1 unspecified atom stereocenters. The lowest BCUT2D eigenvalue weighted by molar-refractivity contribution is -0.147. The van der Waals surface area contributed by atoms with Gasteiger partial charge in [-0.2, -0.15) is 4.31 Å². The van der Waals surface area contributed by atoms with Crippen LogP contribution in [0.2, 0.25) is 10.0 Å². The molecule has 5 fully saturated rings. The van der Waals surface area contributed by atoms with E-state index in [-0.39, 0.29) is 44.8 Å². The lowest BCUT2D eigenvalue weighted by atomic mass is 9.85. The van der Waals surface area contributed by atoms with E-state index in [1.54, 1.807) is 11.0 Å². The Balaban J connectivity index is 1.39. The van der Waals surface area contributed by atoms with Gasteiger partial charge in [0.05, 0.1) is 4.90 Å². The van der Waals surface area contributed by atoms with E-state index in [4.69, 9.17) is 23.2 Å². The third kappa shape index (κ3) is 3.73. The molecule has 6 rings (SSSR count). The number of nitrogens with one attached hydrogen (secondary N) is 1. The highest BCUT2D eigenvalue weighted by molar-refractivity contribution is 7.89. The topological polar surface area (TPSA) is 90.0 Å². The average molecular weight is 554 g/mol. The van der Waals surface area contributed by atoms with E-state index >= 15 is 0 Å². The minimum atomic E-state index is -4.09. The Morgan fingerprint density at radius 3 is 2.47 bits per heavy atom. The molecule has 4 bridgehead atoms. The second-order valence-electron chi connectivity index (χ2n) is 10.7. The maximum atomic E-state index is 14.2. The SMILES string of the molecule is C=C[C@H]1[C@@H]2CC[C@@H](C(=O)N3C[C@@H]4C[C@H]3CN4)N2C(=O)C2CCC[C@@H]1N2S(=O)(=O)c1cc(Cl)cc(Cl)c1. The highest BCUT2D eigenvalue weighted by Crippen LogP contribution is 2.45. The first-order chi connectivity index (χ1) is 17.2. The van der Waals surface area contributed by atoms with E-state index in [1.807, 2.05) is 4.90 Å². The summed E-state index contributed by atoms with van der Waals surface area (Å²) in [5, 5.41) is 3.85. The van der Waals surface area contributed by atoms with Gasteiger partial charge in [0.2, 0.25) is 21.8 Å². The third-order valence-electron chi connectivity index (χ3n) is 8.78. The maximum Gasteiger partial charge on any atom is 0.245 e. The summed E-state index contributed by atoms with van der Waals surface area (Å²) in [7, 11) is -4.09. The van der Waals surface area contributed by atoms with Crippen LogP contribution in [0.4, 0.5) is 0 Å². The Morgan fingerprint density at radius 1 is 1.08 bits per heavy atom. The number of piperidine rings is 1. The molecule has 5 saturated heterocycles. The number of rotatable bonds is 4. The van der Waals surface area contributed by atoms with Crippen LogP contribution in [-0.4, -0.2) is 83.7 Å². The smallest absolute Gasteiger partial charge is 0.245 e. The molecule has 0 spiro atoms. The van der Waals surface area contributed by atoms with Gasteiger partial charge in [0, 0.05) is 53.2 Å². The fraction of sp³-hybridized carbons (Fsp3) is 0.600. The molecule has 5 aliphatic rings. The van der Waals surface area contributed by atoms with Crippen LogP contribution in [0.1, 0.15) is 38.5 Å². The van der Waals surface area contributed by atoms with Crippen LogP contribution in [0.3, 0.4) is 0 Å². The molecule has 0 aliphatic carbocycles. The van der Waals surface area contributed by atoms with Gasteiger partial charge in [0.25, 0.3) is 0 Å². The third-order valence-corrected chi connectivity index (χ3v) is 11.1. The Labute approximate surface area is 221 Å². The zero-order valence-electron chi connectivity index (χ0n) is 19.9.